The van der Waals surface area contributed by atoms with Crippen LogP contribution in [0.3, 0.4) is 0 Å². The maximum atomic E-state index is 12.2. The summed E-state index contributed by atoms with van der Waals surface area (Å²) in [7, 11) is 0. The van der Waals surface area contributed by atoms with Gasteiger partial charge in [0.1, 0.15) is 0 Å². The molecule has 2 aromatic carbocycles. The molecule has 0 aliphatic carbocycles. The molecule has 29 heavy (non-hydrogen) atoms. The average Bonchev–Trinajstić information content (AvgIpc) is 3.05. The maximum Gasteiger partial charge on any atom is 0.359 e. The second kappa shape index (κ2) is 9.23. The van der Waals surface area contributed by atoms with Crippen molar-refractivity contribution >= 4 is 22.8 Å². The normalized spacial score (nSPS) is 10.9. The Morgan fingerprint density at radius 2 is 1.59 bits per heavy atom. The van der Waals surface area contributed by atoms with Crippen molar-refractivity contribution in [2.75, 3.05) is 13.2 Å². The third-order valence-corrected chi connectivity index (χ3v) is 4.31. The molecule has 1 aromatic heterocycles. The van der Waals surface area contributed by atoms with Crippen molar-refractivity contribution < 1.29 is 23.8 Å². The zero-order valence-electron chi connectivity index (χ0n) is 16.8. The van der Waals surface area contributed by atoms with Crippen LogP contribution in [0.15, 0.2) is 48.5 Å². The zero-order valence-corrected chi connectivity index (χ0v) is 16.8. The summed E-state index contributed by atoms with van der Waals surface area (Å²) in [5.41, 5.74) is 3.08. The lowest BCUT2D eigenvalue weighted by Gasteiger charge is -2.14. The molecule has 0 N–H and O–H groups in total. The molecule has 0 saturated heterocycles. The van der Waals surface area contributed by atoms with E-state index in [0.717, 1.165) is 11.1 Å². The SMILES string of the molecule is CCOC(=O)C(Oc1nn(Cc2ccc(C)cc2)c2ccccc12)C(=O)OCC. The second-order valence-corrected chi connectivity index (χ2v) is 6.47. The predicted molar refractivity (Wildman–Crippen MR) is 108 cm³/mol. The van der Waals surface area contributed by atoms with E-state index in [1.807, 2.05) is 55.5 Å². The standard InChI is InChI=1S/C22H24N2O5/c1-4-27-21(25)19(22(26)28-5-2)29-20-17-8-6-7-9-18(17)24(23-20)14-16-12-10-15(3)11-13-16/h6-13,19H,4-5,14H2,1-3H3. The molecule has 0 amide bonds. The number of hydrogen-bond acceptors (Lipinski definition) is 6. The first-order valence-electron chi connectivity index (χ1n) is 9.54. The van der Waals surface area contributed by atoms with Crippen LogP contribution in [-0.4, -0.2) is 41.0 Å². The molecule has 0 saturated carbocycles. The monoisotopic (exact) mass is 396 g/mol. The molecule has 0 aliphatic rings. The van der Waals surface area contributed by atoms with Gasteiger partial charge >= 0.3 is 11.9 Å². The Morgan fingerprint density at radius 1 is 0.966 bits per heavy atom. The maximum absolute atomic E-state index is 12.2. The molecular formula is C22H24N2O5. The molecule has 0 unspecified atom stereocenters. The topological polar surface area (TPSA) is 79.7 Å². The number of hydrogen-bond donors (Lipinski definition) is 0. The predicted octanol–water partition coefficient (Wildman–Crippen LogP) is 3.27. The smallest absolute Gasteiger partial charge is 0.359 e. The Balaban J connectivity index is 1.94. The first-order chi connectivity index (χ1) is 14.0. The van der Waals surface area contributed by atoms with Crippen molar-refractivity contribution in [3.8, 4) is 5.88 Å². The summed E-state index contributed by atoms with van der Waals surface area (Å²) in [5.74, 6) is -1.43. The molecule has 3 aromatic rings. The fraction of sp³-hybridized carbons (Fsp3) is 0.318. The van der Waals surface area contributed by atoms with Crippen molar-refractivity contribution in [2.45, 2.75) is 33.4 Å². The van der Waals surface area contributed by atoms with Crippen LogP contribution in [0.4, 0.5) is 0 Å². The summed E-state index contributed by atoms with van der Waals surface area (Å²) in [4.78, 5) is 24.5. The molecule has 0 atom stereocenters. The lowest BCUT2D eigenvalue weighted by Crippen LogP contribution is -2.38. The minimum Gasteiger partial charge on any atom is -0.463 e. The van der Waals surface area contributed by atoms with Crippen molar-refractivity contribution in [2.24, 2.45) is 0 Å². The van der Waals surface area contributed by atoms with Gasteiger partial charge in [0.05, 0.1) is 30.7 Å². The van der Waals surface area contributed by atoms with Crippen LogP contribution >= 0.6 is 0 Å². The van der Waals surface area contributed by atoms with Gasteiger partial charge in [0, 0.05) is 0 Å². The minimum absolute atomic E-state index is 0.126. The number of carbonyl (C=O) groups excluding carboxylic acids is 2. The summed E-state index contributed by atoms with van der Waals surface area (Å²) < 4.78 is 17.4. The summed E-state index contributed by atoms with van der Waals surface area (Å²) in [6, 6.07) is 15.6. The van der Waals surface area contributed by atoms with Crippen LogP contribution in [0.5, 0.6) is 5.88 Å². The molecule has 0 spiro atoms. The van der Waals surface area contributed by atoms with Crippen molar-refractivity contribution in [1.82, 2.24) is 9.78 Å². The van der Waals surface area contributed by atoms with Gasteiger partial charge in [0.15, 0.2) is 0 Å². The Kier molecular flexibility index (Phi) is 6.49. The van der Waals surface area contributed by atoms with E-state index in [0.29, 0.717) is 11.9 Å². The number of ether oxygens (including phenoxy) is 3. The van der Waals surface area contributed by atoms with Crippen LogP contribution < -0.4 is 4.74 Å². The van der Waals surface area contributed by atoms with Gasteiger partial charge in [0.25, 0.3) is 6.10 Å². The summed E-state index contributed by atoms with van der Waals surface area (Å²) in [6.07, 6.45) is -1.53. The highest BCUT2D eigenvalue weighted by Crippen LogP contribution is 2.27. The van der Waals surface area contributed by atoms with E-state index in [1.165, 1.54) is 5.56 Å². The number of nitrogens with zero attached hydrogens (tertiary/aromatic N) is 2. The van der Waals surface area contributed by atoms with E-state index >= 15 is 0 Å². The van der Waals surface area contributed by atoms with Gasteiger partial charge in [-0.3, -0.25) is 4.68 Å². The van der Waals surface area contributed by atoms with Gasteiger partial charge in [0.2, 0.25) is 5.88 Å². The number of benzene rings is 2. The average molecular weight is 396 g/mol. The third-order valence-electron chi connectivity index (χ3n) is 4.31. The molecule has 0 radical (unpaired) electrons. The summed E-state index contributed by atoms with van der Waals surface area (Å²) >= 11 is 0. The fourth-order valence-corrected chi connectivity index (χ4v) is 2.91. The van der Waals surface area contributed by atoms with Crippen molar-refractivity contribution in [3.63, 3.8) is 0 Å². The molecular weight excluding hydrogens is 372 g/mol. The molecule has 3 rings (SSSR count). The van der Waals surface area contributed by atoms with Crippen molar-refractivity contribution in [3.05, 3.63) is 59.7 Å². The Bertz CT molecular complexity index is 976. The Hall–Kier alpha value is -3.35. The van der Waals surface area contributed by atoms with Crippen LogP contribution in [0.2, 0.25) is 0 Å². The molecule has 1 heterocycles. The lowest BCUT2D eigenvalue weighted by atomic mass is 10.1. The number of fused-ring (bicyclic) bond motifs is 1. The fourth-order valence-electron chi connectivity index (χ4n) is 2.91. The quantitative estimate of drug-likeness (QED) is 0.429. The van der Waals surface area contributed by atoms with Crippen LogP contribution in [-0.2, 0) is 25.6 Å². The van der Waals surface area contributed by atoms with E-state index < -0.39 is 18.0 Å². The molecule has 152 valence electrons. The number of para-hydroxylation sites is 1. The van der Waals surface area contributed by atoms with Gasteiger partial charge in [-0.15, -0.1) is 5.10 Å². The van der Waals surface area contributed by atoms with Crippen LogP contribution in [0.1, 0.15) is 25.0 Å². The van der Waals surface area contributed by atoms with Gasteiger partial charge in [-0.2, -0.15) is 0 Å². The molecule has 0 bridgehead atoms. The highest BCUT2D eigenvalue weighted by Gasteiger charge is 2.33. The van der Waals surface area contributed by atoms with Crippen LogP contribution in [0, 0.1) is 6.92 Å². The highest BCUT2D eigenvalue weighted by atomic mass is 16.6. The van der Waals surface area contributed by atoms with Gasteiger partial charge < -0.3 is 14.2 Å². The molecule has 0 fully saturated rings. The second-order valence-electron chi connectivity index (χ2n) is 6.47. The number of aryl methyl sites for hydroxylation is 1. The Morgan fingerprint density at radius 3 is 2.21 bits per heavy atom. The van der Waals surface area contributed by atoms with E-state index in [1.54, 1.807) is 18.5 Å². The van der Waals surface area contributed by atoms with Gasteiger partial charge in [-0.25, -0.2) is 9.59 Å². The number of aromatic nitrogens is 2. The molecule has 7 nitrogen and oxygen atoms in total. The number of rotatable bonds is 8. The number of carbonyl (C=O) groups is 2. The summed E-state index contributed by atoms with van der Waals surface area (Å²) in [5, 5.41) is 5.20. The van der Waals surface area contributed by atoms with E-state index in [-0.39, 0.29) is 19.1 Å². The molecule has 7 heteroatoms. The first-order valence-corrected chi connectivity index (χ1v) is 9.54. The highest BCUT2D eigenvalue weighted by molar-refractivity contribution is 5.99. The van der Waals surface area contributed by atoms with E-state index in [4.69, 9.17) is 14.2 Å². The van der Waals surface area contributed by atoms with Crippen molar-refractivity contribution in [1.29, 1.82) is 0 Å². The minimum atomic E-state index is -1.53. The van der Waals surface area contributed by atoms with Crippen LogP contribution in [0.25, 0.3) is 10.9 Å². The Labute approximate surface area is 169 Å². The zero-order chi connectivity index (χ0) is 20.8. The first kappa shape index (κ1) is 20.4. The largest absolute Gasteiger partial charge is 0.463 e. The van der Waals surface area contributed by atoms with Gasteiger partial charge in [-0.05, 0) is 38.5 Å². The summed E-state index contributed by atoms with van der Waals surface area (Å²) in [6.45, 7) is 6.12. The van der Waals surface area contributed by atoms with E-state index in [9.17, 15) is 9.59 Å². The lowest BCUT2D eigenvalue weighted by molar-refractivity contribution is -0.166. The van der Waals surface area contributed by atoms with E-state index in [2.05, 4.69) is 5.10 Å². The molecule has 0 aliphatic heterocycles. The number of esters is 2. The third kappa shape index (κ3) is 4.74. The van der Waals surface area contributed by atoms with Gasteiger partial charge in [-0.1, -0.05) is 42.0 Å².